The van der Waals surface area contributed by atoms with E-state index in [0.29, 0.717) is 21.7 Å². The van der Waals surface area contributed by atoms with Crippen LogP contribution in [0.3, 0.4) is 0 Å². The SMILES string of the molecule is CC(C)(C)OC(=O)n1c(-c2ccc(O)cc2)cc2c(Cl)ccnc21. The third kappa shape index (κ3) is 3.08. The Balaban J connectivity index is 2.24. The molecule has 2 aromatic heterocycles. The summed E-state index contributed by atoms with van der Waals surface area (Å²) in [6.07, 6.45) is 1.02. The number of phenols is 1. The Hall–Kier alpha value is -2.53. The van der Waals surface area contributed by atoms with Gasteiger partial charge < -0.3 is 9.84 Å². The van der Waals surface area contributed by atoms with Crippen molar-refractivity contribution in [3.63, 3.8) is 0 Å². The molecule has 1 aromatic carbocycles. The number of phenolic OH excluding ortho intramolecular Hbond substituents is 1. The van der Waals surface area contributed by atoms with Crippen molar-refractivity contribution in [3.05, 3.63) is 47.6 Å². The second-order valence-corrected chi connectivity index (χ2v) is 6.83. The lowest BCUT2D eigenvalue weighted by Crippen LogP contribution is -2.27. The highest BCUT2D eigenvalue weighted by atomic mass is 35.5. The largest absolute Gasteiger partial charge is 0.508 e. The third-order valence-electron chi connectivity index (χ3n) is 3.39. The van der Waals surface area contributed by atoms with Crippen LogP contribution < -0.4 is 0 Å². The molecule has 3 aromatic rings. The van der Waals surface area contributed by atoms with Crippen molar-refractivity contribution in [2.45, 2.75) is 26.4 Å². The van der Waals surface area contributed by atoms with Gasteiger partial charge in [-0.1, -0.05) is 11.6 Å². The molecule has 24 heavy (non-hydrogen) atoms. The van der Waals surface area contributed by atoms with Gasteiger partial charge in [-0.2, -0.15) is 0 Å². The Morgan fingerprint density at radius 1 is 1.21 bits per heavy atom. The van der Waals surface area contributed by atoms with Crippen LogP contribution >= 0.6 is 11.6 Å². The summed E-state index contributed by atoms with van der Waals surface area (Å²) in [4.78, 5) is 17.0. The van der Waals surface area contributed by atoms with Crippen molar-refractivity contribution in [2.24, 2.45) is 0 Å². The summed E-state index contributed by atoms with van der Waals surface area (Å²) in [6, 6.07) is 10.0. The maximum atomic E-state index is 12.7. The zero-order valence-corrected chi connectivity index (χ0v) is 14.3. The Bertz CT molecular complexity index is 908. The number of hydrogen-bond acceptors (Lipinski definition) is 4. The van der Waals surface area contributed by atoms with E-state index in [0.717, 1.165) is 5.56 Å². The molecule has 0 aliphatic rings. The van der Waals surface area contributed by atoms with Gasteiger partial charge in [0.2, 0.25) is 0 Å². The first-order chi connectivity index (χ1) is 11.3. The first-order valence-electron chi connectivity index (χ1n) is 7.45. The molecule has 0 unspecified atom stereocenters. The number of halogens is 1. The summed E-state index contributed by atoms with van der Waals surface area (Å²) in [6.45, 7) is 5.41. The van der Waals surface area contributed by atoms with Crippen LogP contribution in [0.5, 0.6) is 5.75 Å². The molecule has 2 heterocycles. The van der Waals surface area contributed by atoms with Crippen molar-refractivity contribution >= 4 is 28.7 Å². The van der Waals surface area contributed by atoms with Crippen molar-refractivity contribution < 1.29 is 14.6 Å². The van der Waals surface area contributed by atoms with E-state index in [1.54, 1.807) is 63.4 Å². The lowest BCUT2D eigenvalue weighted by molar-refractivity contribution is 0.0546. The molecule has 6 heteroatoms. The summed E-state index contributed by atoms with van der Waals surface area (Å²) < 4.78 is 6.91. The van der Waals surface area contributed by atoms with Crippen LogP contribution in [0, 0.1) is 0 Å². The maximum absolute atomic E-state index is 12.7. The van der Waals surface area contributed by atoms with Gasteiger partial charge in [-0.25, -0.2) is 14.3 Å². The van der Waals surface area contributed by atoms with Crippen molar-refractivity contribution in [3.8, 4) is 17.0 Å². The number of hydrogen-bond donors (Lipinski definition) is 1. The van der Waals surface area contributed by atoms with Crippen LogP contribution in [0.4, 0.5) is 4.79 Å². The number of benzene rings is 1. The number of aromatic nitrogens is 2. The van der Waals surface area contributed by atoms with E-state index in [1.807, 2.05) is 0 Å². The number of pyridine rings is 1. The molecule has 0 saturated heterocycles. The molecule has 0 bridgehead atoms. The van der Waals surface area contributed by atoms with Gasteiger partial charge in [-0.3, -0.25) is 0 Å². The fraction of sp³-hybridized carbons (Fsp3) is 0.222. The predicted octanol–water partition coefficient (Wildman–Crippen LogP) is 4.85. The molecule has 3 rings (SSSR count). The molecular weight excluding hydrogens is 328 g/mol. The van der Waals surface area contributed by atoms with Gasteiger partial charge >= 0.3 is 6.09 Å². The lowest BCUT2D eigenvalue weighted by Gasteiger charge is -2.20. The van der Waals surface area contributed by atoms with Gasteiger partial charge in [-0.05, 0) is 62.7 Å². The summed E-state index contributed by atoms with van der Waals surface area (Å²) in [5.74, 6) is 0.148. The summed E-state index contributed by atoms with van der Waals surface area (Å²) >= 11 is 6.25. The Morgan fingerprint density at radius 2 is 1.88 bits per heavy atom. The topological polar surface area (TPSA) is 64.3 Å². The lowest BCUT2D eigenvalue weighted by atomic mass is 10.1. The number of fused-ring (bicyclic) bond motifs is 1. The fourth-order valence-electron chi connectivity index (χ4n) is 2.40. The average molecular weight is 345 g/mol. The molecule has 0 aliphatic carbocycles. The van der Waals surface area contributed by atoms with Gasteiger partial charge in [0.25, 0.3) is 0 Å². The first kappa shape index (κ1) is 16.3. The van der Waals surface area contributed by atoms with Gasteiger partial charge in [0.05, 0.1) is 10.7 Å². The minimum Gasteiger partial charge on any atom is -0.508 e. The van der Waals surface area contributed by atoms with Crippen LogP contribution in [-0.2, 0) is 4.74 Å². The van der Waals surface area contributed by atoms with E-state index in [-0.39, 0.29) is 5.75 Å². The highest BCUT2D eigenvalue weighted by Crippen LogP contribution is 2.32. The second kappa shape index (κ2) is 5.83. The zero-order chi connectivity index (χ0) is 17.5. The zero-order valence-electron chi connectivity index (χ0n) is 13.6. The van der Waals surface area contributed by atoms with Crippen molar-refractivity contribution in [1.29, 1.82) is 0 Å². The normalized spacial score (nSPS) is 11.7. The molecule has 0 fully saturated rings. The molecule has 124 valence electrons. The molecule has 0 saturated carbocycles. The predicted molar refractivity (Wildman–Crippen MR) is 93.5 cm³/mol. The molecule has 5 nitrogen and oxygen atoms in total. The molecule has 0 amide bonds. The summed E-state index contributed by atoms with van der Waals surface area (Å²) in [7, 11) is 0. The van der Waals surface area contributed by atoms with Gasteiger partial charge in [0.1, 0.15) is 11.4 Å². The van der Waals surface area contributed by atoms with E-state index in [2.05, 4.69) is 4.98 Å². The number of carbonyl (C=O) groups is 1. The number of aromatic hydroxyl groups is 1. The van der Waals surface area contributed by atoms with Crippen molar-refractivity contribution in [2.75, 3.05) is 0 Å². The molecular formula is C18H17ClN2O3. The fourth-order valence-corrected chi connectivity index (χ4v) is 2.60. The van der Waals surface area contributed by atoms with Crippen LogP contribution in [0.25, 0.3) is 22.3 Å². The Morgan fingerprint density at radius 3 is 2.50 bits per heavy atom. The summed E-state index contributed by atoms with van der Waals surface area (Å²) in [5.41, 5.74) is 1.13. The Labute approximate surface area is 144 Å². The van der Waals surface area contributed by atoms with E-state index in [9.17, 15) is 9.90 Å². The average Bonchev–Trinajstić information content (AvgIpc) is 2.87. The minimum atomic E-state index is -0.640. The highest BCUT2D eigenvalue weighted by molar-refractivity contribution is 6.35. The Kier molecular flexibility index (Phi) is 3.97. The number of carbonyl (C=O) groups excluding carboxylic acids is 1. The molecule has 0 spiro atoms. The van der Waals surface area contributed by atoms with Gasteiger partial charge in [-0.15, -0.1) is 0 Å². The number of ether oxygens (including phenoxy) is 1. The van der Waals surface area contributed by atoms with Crippen LogP contribution in [0.2, 0.25) is 5.02 Å². The van der Waals surface area contributed by atoms with E-state index in [4.69, 9.17) is 16.3 Å². The van der Waals surface area contributed by atoms with Crippen LogP contribution in [0.15, 0.2) is 42.6 Å². The maximum Gasteiger partial charge on any atom is 0.420 e. The van der Waals surface area contributed by atoms with E-state index in [1.165, 1.54) is 4.57 Å². The second-order valence-electron chi connectivity index (χ2n) is 6.42. The van der Waals surface area contributed by atoms with E-state index < -0.39 is 11.7 Å². The van der Waals surface area contributed by atoms with E-state index >= 15 is 0 Å². The monoisotopic (exact) mass is 344 g/mol. The first-order valence-corrected chi connectivity index (χ1v) is 7.83. The molecule has 0 radical (unpaired) electrons. The standard InChI is InChI=1S/C18H17ClN2O3/c1-18(2,3)24-17(23)21-15(11-4-6-12(22)7-5-11)10-13-14(19)8-9-20-16(13)21/h4-10,22H,1-3H3. The third-order valence-corrected chi connectivity index (χ3v) is 3.72. The highest BCUT2D eigenvalue weighted by Gasteiger charge is 2.24. The molecule has 1 N–H and O–H groups in total. The molecule has 0 aliphatic heterocycles. The smallest absolute Gasteiger partial charge is 0.420 e. The van der Waals surface area contributed by atoms with Crippen LogP contribution in [0.1, 0.15) is 20.8 Å². The van der Waals surface area contributed by atoms with Gasteiger partial charge in [0.15, 0.2) is 5.65 Å². The van der Waals surface area contributed by atoms with Gasteiger partial charge in [0, 0.05) is 11.6 Å². The minimum absolute atomic E-state index is 0.148. The van der Waals surface area contributed by atoms with Crippen LogP contribution in [-0.4, -0.2) is 26.4 Å². The quantitative estimate of drug-likeness (QED) is 0.685. The number of rotatable bonds is 1. The van der Waals surface area contributed by atoms with Crippen molar-refractivity contribution in [1.82, 2.24) is 9.55 Å². The number of nitrogens with zero attached hydrogens (tertiary/aromatic N) is 2. The summed E-state index contributed by atoms with van der Waals surface area (Å²) in [5, 5.41) is 10.6. The molecule has 0 atom stereocenters.